The van der Waals surface area contributed by atoms with Crippen molar-refractivity contribution in [1.82, 2.24) is 4.90 Å². The standard InChI is InChI=1S/C20H23NO3/c1-14(2)18(16-7-5-4-6-8-16)19(22)21(3)13-15-9-11-17(12-10-15)20(23)24/h4-12,14,18H,13H2,1-3H3,(H,23,24). The molecule has 1 amide bonds. The maximum absolute atomic E-state index is 12.9. The van der Waals surface area contributed by atoms with Gasteiger partial charge in [-0.25, -0.2) is 4.79 Å². The predicted molar refractivity (Wildman–Crippen MR) is 93.9 cm³/mol. The van der Waals surface area contributed by atoms with E-state index in [0.29, 0.717) is 6.54 Å². The van der Waals surface area contributed by atoms with E-state index < -0.39 is 5.97 Å². The highest BCUT2D eigenvalue weighted by Gasteiger charge is 2.26. The summed E-state index contributed by atoms with van der Waals surface area (Å²) in [5.41, 5.74) is 2.18. The highest BCUT2D eigenvalue weighted by Crippen LogP contribution is 2.26. The topological polar surface area (TPSA) is 57.6 Å². The van der Waals surface area contributed by atoms with Gasteiger partial charge in [0.05, 0.1) is 11.5 Å². The van der Waals surface area contributed by atoms with Crippen molar-refractivity contribution in [1.29, 1.82) is 0 Å². The number of aromatic carboxylic acids is 1. The molecule has 1 atom stereocenters. The lowest BCUT2D eigenvalue weighted by Gasteiger charge is -2.27. The first-order chi connectivity index (χ1) is 11.4. The zero-order valence-electron chi connectivity index (χ0n) is 14.3. The Morgan fingerprint density at radius 2 is 1.58 bits per heavy atom. The molecular formula is C20H23NO3. The number of likely N-dealkylation sites (N-methyl/N-ethyl adjacent to an activating group) is 1. The maximum Gasteiger partial charge on any atom is 0.335 e. The molecule has 0 spiro atoms. The van der Waals surface area contributed by atoms with Gasteiger partial charge in [0.2, 0.25) is 5.91 Å². The van der Waals surface area contributed by atoms with Crippen LogP contribution in [0, 0.1) is 5.92 Å². The number of carboxylic acids is 1. The number of hydrogen-bond donors (Lipinski definition) is 1. The molecule has 2 aromatic carbocycles. The second-order valence-corrected chi connectivity index (χ2v) is 6.33. The summed E-state index contributed by atoms with van der Waals surface area (Å²) in [4.78, 5) is 25.5. The average molecular weight is 325 g/mol. The fraction of sp³-hybridized carbons (Fsp3) is 0.300. The molecule has 0 aliphatic carbocycles. The Labute approximate surface area is 142 Å². The molecular weight excluding hydrogens is 302 g/mol. The molecule has 0 heterocycles. The quantitative estimate of drug-likeness (QED) is 0.879. The molecule has 4 nitrogen and oxygen atoms in total. The van der Waals surface area contributed by atoms with Crippen molar-refractivity contribution < 1.29 is 14.7 Å². The summed E-state index contributed by atoms with van der Waals surface area (Å²) in [6.07, 6.45) is 0. The van der Waals surface area contributed by atoms with Crippen molar-refractivity contribution in [3.8, 4) is 0 Å². The molecule has 0 fully saturated rings. The van der Waals surface area contributed by atoms with Gasteiger partial charge in [0, 0.05) is 13.6 Å². The van der Waals surface area contributed by atoms with E-state index in [1.165, 1.54) is 0 Å². The van der Waals surface area contributed by atoms with E-state index in [0.717, 1.165) is 11.1 Å². The van der Waals surface area contributed by atoms with Crippen LogP contribution in [0.5, 0.6) is 0 Å². The molecule has 126 valence electrons. The second kappa shape index (κ2) is 7.77. The zero-order chi connectivity index (χ0) is 17.7. The molecule has 0 saturated heterocycles. The fourth-order valence-electron chi connectivity index (χ4n) is 2.81. The van der Waals surface area contributed by atoms with Gasteiger partial charge in [0.1, 0.15) is 0 Å². The van der Waals surface area contributed by atoms with Crippen LogP contribution < -0.4 is 0 Å². The molecule has 0 bridgehead atoms. The number of amides is 1. The zero-order valence-corrected chi connectivity index (χ0v) is 14.3. The van der Waals surface area contributed by atoms with Crippen LogP contribution in [0.15, 0.2) is 54.6 Å². The van der Waals surface area contributed by atoms with Crippen LogP contribution in [-0.2, 0) is 11.3 Å². The Hall–Kier alpha value is -2.62. The third-order valence-corrected chi connectivity index (χ3v) is 4.09. The normalized spacial score (nSPS) is 12.0. The first-order valence-electron chi connectivity index (χ1n) is 8.02. The summed E-state index contributed by atoms with van der Waals surface area (Å²) in [6, 6.07) is 16.4. The van der Waals surface area contributed by atoms with E-state index in [1.54, 1.807) is 36.2 Å². The molecule has 2 aromatic rings. The molecule has 0 aliphatic heterocycles. The number of carbonyl (C=O) groups is 2. The van der Waals surface area contributed by atoms with Gasteiger partial charge in [-0.05, 0) is 29.2 Å². The van der Waals surface area contributed by atoms with E-state index in [2.05, 4.69) is 0 Å². The average Bonchev–Trinajstić information content (AvgIpc) is 2.56. The fourth-order valence-corrected chi connectivity index (χ4v) is 2.81. The number of carboxylic acid groups (broad SMARTS) is 1. The van der Waals surface area contributed by atoms with Gasteiger partial charge in [-0.15, -0.1) is 0 Å². The third kappa shape index (κ3) is 4.22. The largest absolute Gasteiger partial charge is 0.478 e. The minimum atomic E-state index is -0.949. The predicted octanol–water partition coefficient (Wildman–Crippen LogP) is 3.78. The Morgan fingerprint density at radius 1 is 1.00 bits per heavy atom. The maximum atomic E-state index is 12.9. The molecule has 1 N–H and O–H groups in total. The Balaban J connectivity index is 2.13. The van der Waals surface area contributed by atoms with Crippen LogP contribution in [0.1, 0.15) is 41.3 Å². The van der Waals surface area contributed by atoms with Crippen molar-refractivity contribution in [3.63, 3.8) is 0 Å². The first-order valence-corrected chi connectivity index (χ1v) is 8.02. The van der Waals surface area contributed by atoms with Crippen LogP contribution in [0.25, 0.3) is 0 Å². The van der Waals surface area contributed by atoms with Gasteiger partial charge in [-0.1, -0.05) is 56.3 Å². The lowest BCUT2D eigenvalue weighted by Crippen LogP contribution is -2.33. The summed E-state index contributed by atoms with van der Waals surface area (Å²) < 4.78 is 0. The van der Waals surface area contributed by atoms with Crippen molar-refractivity contribution in [2.75, 3.05) is 7.05 Å². The first kappa shape index (κ1) is 17.7. The van der Waals surface area contributed by atoms with Gasteiger partial charge in [0.15, 0.2) is 0 Å². The van der Waals surface area contributed by atoms with Crippen LogP contribution in [0.4, 0.5) is 0 Å². The SMILES string of the molecule is CC(C)C(C(=O)N(C)Cc1ccc(C(=O)O)cc1)c1ccccc1. The Kier molecular flexibility index (Phi) is 5.74. The van der Waals surface area contributed by atoms with Crippen molar-refractivity contribution in [2.24, 2.45) is 5.92 Å². The summed E-state index contributed by atoms with van der Waals surface area (Å²) >= 11 is 0. The lowest BCUT2D eigenvalue weighted by molar-refractivity contribution is -0.133. The van der Waals surface area contributed by atoms with Crippen molar-refractivity contribution in [3.05, 3.63) is 71.3 Å². The van der Waals surface area contributed by atoms with E-state index >= 15 is 0 Å². The van der Waals surface area contributed by atoms with Crippen molar-refractivity contribution in [2.45, 2.75) is 26.3 Å². The van der Waals surface area contributed by atoms with E-state index in [1.807, 2.05) is 44.2 Å². The molecule has 0 radical (unpaired) electrons. The van der Waals surface area contributed by atoms with E-state index in [4.69, 9.17) is 5.11 Å². The molecule has 4 heteroatoms. The molecule has 2 rings (SSSR count). The molecule has 24 heavy (non-hydrogen) atoms. The van der Waals surface area contributed by atoms with Crippen LogP contribution in [0.3, 0.4) is 0 Å². The third-order valence-electron chi connectivity index (χ3n) is 4.09. The number of rotatable bonds is 6. The molecule has 1 unspecified atom stereocenters. The number of benzene rings is 2. The van der Waals surface area contributed by atoms with E-state index in [-0.39, 0.29) is 23.3 Å². The molecule has 0 aliphatic rings. The van der Waals surface area contributed by atoms with Gasteiger partial charge < -0.3 is 10.0 Å². The van der Waals surface area contributed by atoms with Crippen LogP contribution >= 0.6 is 0 Å². The Bertz CT molecular complexity index is 693. The molecule has 0 aromatic heterocycles. The monoisotopic (exact) mass is 325 g/mol. The minimum absolute atomic E-state index is 0.0681. The second-order valence-electron chi connectivity index (χ2n) is 6.33. The van der Waals surface area contributed by atoms with Gasteiger partial charge >= 0.3 is 5.97 Å². The van der Waals surface area contributed by atoms with Gasteiger partial charge in [-0.3, -0.25) is 4.79 Å². The highest BCUT2D eigenvalue weighted by molar-refractivity contribution is 5.87. The Morgan fingerprint density at radius 3 is 2.08 bits per heavy atom. The molecule has 0 saturated carbocycles. The van der Waals surface area contributed by atoms with Crippen LogP contribution in [0.2, 0.25) is 0 Å². The van der Waals surface area contributed by atoms with Crippen molar-refractivity contribution >= 4 is 11.9 Å². The number of hydrogen-bond acceptors (Lipinski definition) is 2. The smallest absolute Gasteiger partial charge is 0.335 e. The summed E-state index contributed by atoms with van der Waals surface area (Å²) in [7, 11) is 1.78. The number of nitrogens with zero attached hydrogens (tertiary/aromatic N) is 1. The highest BCUT2D eigenvalue weighted by atomic mass is 16.4. The van der Waals surface area contributed by atoms with Crippen LogP contribution in [-0.4, -0.2) is 28.9 Å². The van der Waals surface area contributed by atoms with Gasteiger partial charge in [0.25, 0.3) is 0 Å². The minimum Gasteiger partial charge on any atom is -0.478 e. The lowest BCUT2D eigenvalue weighted by atomic mass is 9.87. The van der Waals surface area contributed by atoms with E-state index in [9.17, 15) is 9.59 Å². The summed E-state index contributed by atoms with van der Waals surface area (Å²) in [6.45, 7) is 4.55. The van der Waals surface area contributed by atoms with Gasteiger partial charge in [-0.2, -0.15) is 0 Å². The number of carbonyl (C=O) groups excluding carboxylic acids is 1. The summed E-state index contributed by atoms with van der Waals surface area (Å²) in [5.74, 6) is -0.875. The summed E-state index contributed by atoms with van der Waals surface area (Å²) in [5, 5.41) is 8.94.